The van der Waals surface area contributed by atoms with E-state index in [1.54, 1.807) is 18.4 Å². The van der Waals surface area contributed by atoms with E-state index in [0.29, 0.717) is 19.1 Å². The molecule has 1 aromatic heterocycles. The average Bonchev–Trinajstić information content (AvgIpc) is 2.82. The number of thiophene rings is 1. The van der Waals surface area contributed by atoms with Crippen molar-refractivity contribution in [2.45, 2.75) is 32.9 Å². The fourth-order valence-electron chi connectivity index (χ4n) is 1.63. The molecule has 5 nitrogen and oxygen atoms in total. The zero-order valence-electron chi connectivity index (χ0n) is 11.2. The van der Waals surface area contributed by atoms with Gasteiger partial charge in [-0.3, -0.25) is 5.43 Å². The van der Waals surface area contributed by atoms with Gasteiger partial charge in [-0.25, -0.2) is 10.8 Å². The van der Waals surface area contributed by atoms with Crippen molar-refractivity contribution in [2.24, 2.45) is 10.8 Å². The summed E-state index contributed by atoms with van der Waals surface area (Å²) in [5, 5.41) is 5.26. The Morgan fingerprint density at radius 1 is 1.61 bits per heavy atom. The summed E-state index contributed by atoms with van der Waals surface area (Å²) >= 11 is 1.73. The summed E-state index contributed by atoms with van der Waals surface area (Å²) < 4.78 is 5.05. The van der Waals surface area contributed by atoms with E-state index in [1.807, 2.05) is 6.92 Å². The van der Waals surface area contributed by atoms with Crippen LogP contribution in [0.4, 0.5) is 0 Å². The molecule has 0 fully saturated rings. The van der Waals surface area contributed by atoms with E-state index in [1.165, 1.54) is 10.4 Å². The van der Waals surface area contributed by atoms with Crippen molar-refractivity contribution in [2.75, 3.05) is 13.7 Å². The van der Waals surface area contributed by atoms with Crippen LogP contribution < -0.4 is 16.6 Å². The topological polar surface area (TPSA) is 71.7 Å². The monoisotopic (exact) mass is 270 g/mol. The number of hydrazine groups is 1. The molecular formula is C12H22N4OS. The van der Waals surface area contributed by atoms with Gasteiger partial charge in [-0.15, -0.1) is 11.3 Å². The van der Waals surface area contributed by atoms with Crippen molar-refractivity contribution >= 4 is 17.3 Å². The molecule has 1 rings (SSSR count). The highest BCUT2D eigenvalue weighted by Gasteiger charge is 2.05. The van der Waals surface area contributed by atoms with Gasteiger partial charge in [0.15, 0.2) is 0 Å². The molecule has 102 valence electrons. The highest BCUT2D eigenvalue weighted by Crippen LogP contribution is 2.18. The third-order valence-electron chi connectivity index (χ3n) is 2.54. The largest absolute Gasteiger partial charge is 0.383 e. The van der Waals surface area contributed by atoms with E-state index in [-0.39, 0.29) is 6.04 Å². The van der Waals surface area contributed by atoms with Gasteiger partial charge in [-0.05, 0) is 30.4 Å². The van der Waals surface area contributed by atoms with Crippen LogP contribution in [0.5, 0.6) is 0 Å². The van der Waals surface area contributed by atoms with Crippen molar-refractivity contribution < 1.29 is 4.74 Å². The van der Waals surface area contributed by atoms with Crippen molar-refractivity contribution in [3.63, 3.8) is 0 Å². The van der Waals surface area contributed by atoms with Crippen LogP contribution in [0.25, 0.3) is 0 Å². The molecule has 1 aromatic rings. The summed E-state index contributed by atoms with van der Waals surface area (Å²) in [7, 11) is 1.67. The summed E-state index contributed by atoms with van der Waals surface area (Å²) in [5.74, 6) is 6.04. The molecule has 4 N–H and O–H groups in total. The molecule has 18 heavy (non-hydrogen) atoms. The third kappa shape index (κ3) is 4.64. The summed E-state index contributed by atoms with van der Waals surface area (Å²) in [4.78, 5) is 5.72. The predicted molar refractivity (Wildman–Crippen MR) is 76.6 cm³/mol. The standard InChI is InChI=1S/C12H22N4OS/c1-4-10-5-6-18-11(10)7-14-12(16-13)15-9(2)8-17-3/h5-6,9H,4,7-8,13H2,1-3H3,(H2,14,15,16). The molecule has 6 heteroatoms. The molecule has 0 radical (unpaired) electrons. The van der Waals surface area contributed by atoms with E-state index < -0.39 is 0 Å². The quantitative estimate of drug-likeness (QED) is 0.315. The number of nitrogens with two attached hydrogens (primary N) is 1. The Balaban J connectivity index is 2.57. The van der Waals surface area contributed by atoms with Gasteiger partial charge in [0.2, 0.25) is 5.96 Å². The van der Waals surface area contributed by atoms with Gasteiger partial charge >= 0.3 is 0 Å². The highest BCUT2D eigenvalue weighted by atomic mass is 32.1. The second kappa shape index (κ2) is 8.07. The number of nitrogens with one attached hydrogen (secondary N) is 2. The second-order valence-electron chi connectivity index (χ2n) is 4.03. The Bertz CT molecular complexity index is 378. The first kappa shape index (κ1) is 14.9. The van der Waals surface area contributed by atoms with Crippen molar-refractivity contribution in [1.82, 2.24) is 10.7 Å². The second-order valence-corrected chi connectivity index (χ2v) is 5.03. The Labute approximate surface area is 112 Å². The lowest BCUT2D eigenvalue weighted by Gasteiger charge is -2.15. The number of aliphatic imine (C=N–C) groups is 1. The van der Waals surface area contributed by atoms with Crippen molar-refractivity contribution in [3.05, 3.63) is 21.9 Å². The van der Waals surface area contributed by atoms with Crippen LogP contribution in [0.15, 0.2) is 16.4 Å². The molecule has 0 saturated heterocycles. The van der Waals surface area contributed by atoms with Gasteiger partial charge in [0, 0.05) is 18.0 Å². The number of guanidine groups is 1. The van der Waals surface area contributed by atoms with E-state index >= 15 is 0 Å². The predicted octanol–water partition coefficient (Wildman–Crippen LogP) is 1.25. The van der Waals surface area contributed by atoms with Gasteiger partial charge in [0.05, 0.1) is 13.2 Å². The lowest BCUT2D eigenvalue weighted by Crippen LogP contribution is -2.46. The molecule has 0 aliphatic rings. The first-order valence-corrected chi connectivity index (χ1v) is 6.91. The molecule has 0 bridgehead atoms. The van der Waals surface area contributed by atoms with Gasteiger partial charge in [-0.2, -0.15) is 0 Å². The smallest absolute Gasteiger partial charge is 0.206 e. The minimum Gasteiger partial charge on any atom is -0.383 e. The minimum atomic E-state index is 0.166. The highest BCUT2D eigenvalue weighted by molar-refractivity contribution is 7.10. The Morgan fingerprint density at radius 2 is 2.39 bits per heavy atom. The van der Waals surface area contributed by atoms with E-state index in [2.05, 4.69) is 34.1 Å². The molecular weight excluding hydrogens is 248 g/mol. The van der Waals surface area contributed by atoms with Crippen molar-refractivity contribution in [1.29, 1.82) is 0 Å². The maximum atomic E-state index is 5.45. The first-order chi connectivity index (χ1) is 8.71. The molecule has 0 spiro atoms. The van der Waals surface area contributed by atoms with E-state index in [0.717, 1.165) is 6.42 Å². The van der Waals surface area contributed by atoms with Crippen LogP contribution >= 0.6 is 11.3 Å². The lowest BCUT2D eigenvalue weighted by atomic mass is 10.2. The number of methoxy groups -OCH3 is 1. The van der Waals surface area contributed by atoms with E-state index in [4.69, 9.17) is 10.6 Å². The summed E-state index contributed by atoms with van der Waals surface area (Å²) in [6.45, 7) is 5.42. The van der Waals surface area contributed by atoms with Crippen LogP contribution in [0.3, 0.4) is 0 Å². The summed E-state index contributed by atoms with van der Waals surface area (Å²) in [6.07, 6.45) is 1.03. The number of hydrogen-bond donors (Lipinski definition) is 3. The van der Waals surface area contributed by atoms with Gasteiger partial charge in [0.25, 0.3) is 0 Å². The number of nitrogens with zero attached hydrogens (tertiary/aromatic N) is 1. The molecule has 0 aliphatic carbocycles. The maximum absolute atomic E-state index is 5.45. The zero-order chi connectivity index (χ0) is 13.4. The van der Waals surface area contributed by atoms with Crippen LogP contribution in [0.1, 0.15) is 24.3 Å². The number of ether oxygens (including phenoxy) is 1. The lowest BCUT2D eigenvalue weighted by molar-refractivity contribution is 0.179. The maximum Gasteiger partial charge on any atom is 0.206 e. The fourth-order valence-corrected chi connectivity index (χ4v) is 2.53. The van der Waals surface area contributed by atoms with Gasteiger partial charge in [0.1, 0.15) is 0 Å². The van der Waals surface area contributed by atoms with E-state index in [9.17, 15) is 0 Å². The Hall–Kier alpha value is -1.11. The molecule has 0 amide bonds. The minimum absolute atomic E-state index is 0.166. The average molecular weight is 270 g/mol. The zero-order valence-corrected chi connectivity index (χ0v) is 12.0. The first-order valence-electron chi connectivity index (χ1n) is 6.03. The molecule has 1 unspecified atom stereocenters. The number of aryl methyl sites for hydroxylation is 1. The van der Waals surface area contributed by atoms with Gasteiger partial charge < -0.3 is 10.1 Å². The van der Waals surface area contributed by atoms with Crippen LogP contribution in [0, 0.1) is 0 Å². The normalized spacial score (nSPS) is 13.4. The number of hydrogen-bond acceptors (Lipinski definition) is 4. The molecule has 0 aliphatic heterocycles. The Morgan fingerprint density at radius 3 is 3.00 bits per heavy atom. The third-order valence-corrected chi connectivity index (χ3v) is 3.48. The fraction of sp³-hybridized carbons (Fsp3) is 0.583. The SMILES string of the molecule is CCc1ccsc1CN=C(NN)NC(C)COC. The van der Waals surface area contributed by atoms with Crippen LogP contribution in [0.2, 0.25) is 0 Å². The summed E-state index contributed by atoms with van der Waals surface area (Å²) in [5.41, 5.74) is 3.93. The Kier molecular flexibility index (Phi) is 6.70. The summed E-state index contributed by atoms with van der Waals surface area (Å²) in [6, 6.07) is 2.31. The van der Waals surface area contributed by atoms with Crippen LogP contribution in [-0.2, 0) is 17.7 Å². The van der Waals surface area contributed by atoms with Crippen molar-refractivity contribution in [3.8, 4) is 0 Å². The number of rotatable bonds is 6. The molecule has 0 saturated carbocycles. The molecule has 1 heterocycles. The van der Waals surface area contributed by atoms with Gasteiger partial charge in [-0.1, -0.05) is 6.92 Å². The molecule has 0 aromatic carbocycles. The van der Waals surface area contributed by atoms with Crippen LogP contribution in [-0.4, -0.2) is 25.7 Å². The molecule has 1 atom stereocenters.